The average molecular weight is 282 g/mol. The summed E-state index contributed by atoms with van der Waals surface area (Å²) in [6.45, 7) is 0.974. The van der Waals surface area contributed by atoms with Gasteiger partial charge in [-0.2, -0.15) is 17.0 Å². The smallest absolute Gasteiger partial charge is 0.315 e. The van der Waals surface area contributed by atoms with Crippen molar-refractivity contribution in [3.05, 3.63) is 0 Å². The molecule has 17 heavy (non-hydrogen) atoms. The van der Waals surface area contributed by atoms with Gasteiger partial charge in [-0.05, 0) is 6.42 Å². The third kappa shape index (κ3) is 3.84. The van der Waals surface area contributed by atoms with Gasteiger partial charge in [-0.1, -0.05) is 0 Å². The first-order chi connectivity index (χ1) is 7.87. The number of ether oxygens (including phenoxy) is 1. The first-order valence-corrected chi connectivity index (χ1v) is 7.68. The summed E-state index contributed by atoms with van der Waals surface area (Å²) < 4.78 is 30.8. The Balaban J connectivity index is 2.45. The van der Waals surface area contributed by atoms with Gasteiger partial charge in [0.15, 0.2) is 0 Å². The lowest BCUT2D eigenvalue weighted by atomic mass is 10.4. The Kier molecular flexibility index (Phi) is 5.23. The highest BCUT2D eigenvalue weighted by molar-refractivity contribution is 8.00. The highest BCUT2D eigenvalue weighted by atomic mass is 32.2. The molecule has 0 aromatic rings. The number of methoxy groups -OCH3 is 1. The van der Waals surface area contributed by atoms with Crippen LogP contribution in [0.15, 0.2) is 0 Å². The van der Waals surface area contributed by atoms with Gasteiger partial charge >= 0.3 is 5.97 Å². The average Bonchev–Trinajstić information content (AvgIpc) is 2.74. The number of esters is 1. The van der Waals surface area contributed by atoms with Gasteiger partial charge in [0.2, 0.25) is 0 Å². The van der Waals surface area contributed by atoms with Crippen molar-refractivity contribution in [3.8, 4) is 0 Å². The molecule has 0 aromatic heterocycles. The highest BCUT2D eigenvalue weighted by Crippen LogP contribution is 2.25. The number of hydrogen-bond donors (Lipinski definition) is 0. The predicted molar refractivity (Wildman–Crippen MR) is 67.1 cm³/mol. The van der Waals surface area contributed by atoms with E-state index in [1.165, 1.54) is 41.6 Å². The van der Waals surface area contributed by atoms with Crippen molar-refractivity contribution < 1.29 is 17.9 Å². The molecular formula is C9H18N2O4S2. The van der Waals surface area contributed by atoms with E-state index in [9.17, 15) is 13.2 Å². The van der Waals surface area contributed by atoms with Crippen LogP contribution in [-0.4, -0.2) is 68.3 Å². The summed E-state index contributed by atoms with van der Waals surface area (Å²) >= 11 is 1.45. The van der Waals surface area contributed by atoms with Gasteiger partial charge in [0.05, 0.1) is 12.9 Å². The van der Waals surface area contributed by atoms with Crippen LogP contribution in [0.3, 0.4) is 0 Å². The summed E-state index contributed by atoms with van der Waals surface area (Å²) in [7, 11) is 1.07. The lowest BCUT2D eigenvalue weighted by molar-refractivity contribution is -0.137. The Labute approximate surface area is 106 Å². The van der Waals surface area contributed by atoms with Crippen LogP contribution in [0.4, 0.5) is 0 Å². The molecule has 1 atom stereocenters. The monoisotopic (exact) mass is 282 g/mol. The molecule has 100 valence electrons. The zero-order valence-corrected chi connectivity index (χ0v) is 11.9. The molecule has 8 heteroatoms. The Morgan fingerprint density at radius 3 is 2.71 bits per heavy atom. The molecule has 0 saturated carbocycles. The van der Waals surface area contributed by atoms with Gasteiger partial charge in [0.25, 0.3) is 10.2 Å². The fourth-order valence-corrected chi connectivity index (χ4v) is 3.83. The molecule has 0 radical (unpaired) electrons. The third-order valence-corrected chi connectivity index (χ3v) is 5.73. The summed E-state index contributed by atoms with van der Waals surface area (Å²) in [5.41, 5.74) is 0. The lowest BCUT2D eigenvalue weighted by Gasteiger charge is -2.20. The SMILES string of the molecule is COC(=O)CS[C@@H]1CCN(S(=O)(=O)N(C)C)C1. The molecule has 0 amide bonds. The molecular weight excluding hydrogens is 264 g/mol. The number of carbonyl (C=O) groups excluding carboxylic acids is 1. The number of hydrogen-bond acceptors (Lipinski definition) is 5. The van der Waals surface area contributed by atoms with E-state index in [0.717, 1.165) is 6.42 Å². The number of rotatable bonds is 5. The van der Waals surface area contributed by atoms with E-state index in [1.807, 2.05) is 0 Å². The van der Waals surface area contributed by atoms with Crippen molar-refractivity contribution in [2.45, 2.75) is 11.7 Å². The number of thioether (sulfide) groups is 1. The van der Waals surface area contributed by atoms with Gasteiger partial charge < -0.3 is 4.74 Å². The fourth-order valence-electron chi connectivity index (χ4n) is 1.52. The minimum atomic E-state index is -3.32. The van der Waals surface area contributed by atoms with Crippen molar-refractivity contribution in [1.82, 2.24) is 8.61 Å². The second-order valence-electron chi connectivity index (χ2n) is 3.95. The summed E-state index contributed by atoms with van der Waals surface area (Å²) in [5.74, 6) is 0.000669. The standard InChI is InChI=1S/C9H18N2O4S2/c1-10(2)17(13,14)11-5-4-8(6-11)16-7-9(12)15-3/h8H,4-7H2,1-3H3/t8-/m1/s1. The number of carbonyl (C=O) groups is 1. The second-order valence-corrected chi connectivity index (χ2v) is 7.38. The minimum absolute atomic E-state index is 0.170. The van der Waals surface area contributed by atoms with Crippen molar-refractivity contribution >= 4 is 27.9 Å². The van der Waals surface area contributed by atoms with Crippen molar-refractivity contribution in [2.24, 2.45) is 0 Å². The number of nitrogens with zero attached hydrogens (tertiary/aromatic N) is 2. The first-order valence-electron chi connectivity index (χ1n) is 5.24. The van der Waals surface area contributed by atoms with Gasteiger partial charge in [-0.3, -0.25) is 4.79 Å². The van der Waals surface area contributed by atoms with E-state index in [4.69, 9.17) is 0 Å². The van der Waals surface area contributed by atoms with Crippen LogP contribution in [-0.2, 0) is 19.7 Å². The second kappa shape index (κ2) is 6.03. The van der Waals surface area contributed by atoms with Crippen LogP contribution in [0.1, 0.15) is 6.42 Å². The largest absolute Gasteiger partial charge is 0.468 e. The Morgan fingerprint density at radius 2 is 2.18 bits per heavy atom. The maximum atomic E-state index is 11.8. The van der Waals surface area contributed by atoms with Crippen LogP contribution >= 0.6 is 11.8 Å². The normalized spacial score (nSPS) is 22.0. The molecule has 1 rings (SSSR count). The maximum absolute atomic E-state index is 11.8. The molecule has 0 N–H and O–H groups in total. The van der Waals surface area contributed by atoms with Crippen molar-refractivity contribution in [1.29, 1.82) is 0 Å². The van der Waals surface area contributed by atoms with Gasteiger partial charge in [0, 0.05) is 32.4 Å². The zero-order chi connectivity index (χ0) is 13.1. The molecule has 1 fully saturated rings. The summed E-state index contributed by atoms with van der Waals surface area (Å²) in [6.07, 6.45) is 0.773. The van der Waals surface area contributed by atoms with Crippen molar-refractivity contribution in [3.63, 3.8) is 0 Å². The van der Waals surface area contributed by atoms with E-state index in [0.29, 0.717) is 13.1 Å². The van der Waals surface area contributed by atoms with Gasteiger partial charge in [0.1, 0.15) is 0 Å². The predicted octanol–water partition coefficient (Wildman–Crippen LogP) is -0.227. The summed E-state index contributed by atoms with van der Waals surface area (Å²) in [4.78, 5) is 11.0. The third-order valence-electron chi connectivity index (χ3n) is 2.56. The summed E-state index contributed by atoms with van der Waals surface area (Å²) in [5, 5.41) is 0.170. The molecule has 1 aliphatic heterocycles. The molecule has 6 nitrogen and oxygen atoms in total. The zero-order valence-electron chi connectivity index (χ0n) is 10.2. The van der Waals surface area contributed by atoms with Gasteiger partial charge in [-0.25, -0.2) is 0 Å². The fraction of sp³-hybridized carbons (Fsp3) is 0.889. The molecule has 0 unspecified atom stereocenters. The molecule has 1 aliphatic rings. The van der Waals surface area contributed by atoms with Crippen LogP contribution in [0.25, 0.3) is 0 Å². The van der Waals surface area contributed by atoms with Crippen LogP contribution < -0.4 is 0 Å². The molecule has 1 heterocycles. The summed E-state index contributed by atoms with van der Waals surface area (Å²) in [6, 6.07) is 0. The van der Waals surface area contributed by atoms with Crippen LogP contribution in [0, 0.1) is 0 Å². The van der Waals surface area contributed by atoms with E-state index in [-0.39, 0.29) is 17.0 Å². The Bertz CT molecular complexity index is 369. The van der Waals surface area contributed by atoms with E-state index in [2.05, 4.69) is 4.74 Å². The highest BCUT2D eigenvalue weighted by Gasteiger charge is 2.33. The van der Waals surface area contributed by atoms with Crippen molar-refractivity contribution in [2.75, 3.05) is 40.0 Å². The van der Waals surface area contributed by atoms with Crippen LogP contribution in [0.5, 0.6) is 0 Å². The molecule has 0 bridgehead atoms. The van der Waals surface area contributed by atoms with E-state index in [1.54, 1.807) is 0 Å². The van der Waals surface area contributed by atoms with Crippen LogP contribution in [0.2, 0.25) is 0 Å². The molecule has 0 spiro atoms. The van der Waals surface area contributed by atoms with E-state index < -0.39 is 10.2 Å². The quantitative estimate of drug-likeness (QED) is 0.652. The molecule has 1 saturated heterocycles. The molecule has 0 aromatic carbocycles. The van der Waals surface area contributed by atoms with E-state index >= 15 is 0 Å². The first kappa shape index (κ1) is 14.7. The minimum Gasteiger partial charge on any atom is -0.468 e. The Morgan fingerprint density at radius 1 is 1.53 bits per heavy atom. The van der Waals surface area contributed by atoms with Gasteiger partial charge in [-0.15, -0.1) is 11.8 Å². The maximum Gasteiger partial charge on any atom is 0.315 e. The topological polar surface area (TPSA) is 66.9 Å². The lowest BCUT2D eigenvalue weighted by Crippen LogP contribution is -2.38. The Hall–Kier alpha value is -0.310. The molecule has 0 aliphatic carbocycles.